The summed E-state index contributed by atoms with van der Waals surface area (Å²) in [6, 6.07) is -5.10. The van der Waals surface area contributed by atoms with E-state index in [1.54, 1.807) is 6.08 Å². The van der Waals surface area contributed by atoms with Crippen LogP contribution >= 0.6 is 0 Å². The second-order valence-corrected chi connectivity index (χ2v) is 34.6. The smallest absolute Gasteiger partial charge is 0.364 e. The molecule has 24 N–H and O–H groups in total. The summed E-state index contributed by atoms with van der Waals surface area (Å²) in [4.78, 5) is 80.5. The summed E-state index contributed by atoms with van der Waals surface area (Å²) >= 11 is 0. The van der Waals surface area contributed by atoms with Gasteiger partial charge in [-0.15, -0.1) is 0 Å². The third-order valence-corrected chi connectivity index (χ3v) is 24.4. The van der Waals surface area contributed by atoms with E-state index in [-0.39, 0.29) is 6.42 Å². The first kappa shape index (κ1) is 111. The molecule has 6 rings (SSSR count). The molecule has 0 saturated carbocycles. The summed E-state index contributed by atoms with van der Waals surface area (Å²) in [5.74, 6) is -16.5. The number of ether oxygens (including phenoxy) is 12. The summed E-state index contributed by atoms with van der Waals surface area (Å²) in [5, 5.41) is 245. The van der Waals surface area contributed by atoms with Crippen molar-refractivity contribution in [3.63, 3.8) is 0 Å². The molecule has 42 nitrogen and oxygen atoms in total. The number of hydrogen-bond acceptors (Lipinski definition) is 37. The molecule has 0 aromatic rings. The molecule has 738 valence electrons. The molecule has 0 aromatic carbocycles. The van der Waals surface area contributed by atoms with Crippen LogP contribution in [0.15, 0.2) is 12.2 Å². The van der Waals surface area contributed by atoms with Crippen LogP contribution < -0.4 is 16.0 Å². The van der Waals surface area contributed by atoms with Gasteiger partial charge in [0.2, 0.25) is 17.7 Å². The van der Waals surface area contributed by atoms with E-state index in [1.165, 1.54) is 102 Å². The number of aliphatic carboxylic acids is 2. The van der Waals surface area contributed by atoms with Crippen LogP contribution in [0.25, 0.3) is 0 Å². The first-order valence-corrected chi connectivity index (χ1v) is 45.4. The van der Waals surface area contributed by atoms with Crippen LogP contribution in [0.3, 0.4) is 0 Å². The van der Waals surface area contributed by atoms with Gasteiger partial charge in [0, 0.05) is 45.4 Å². The number of Topliss-reactive ketones (excluding diaryl/α,β-unsaturated/α-hetero) is 1. The molecule has 0 radical (unpaired) electrons. The average Bonchev–Trinajstić information content (AvgIpc) is 0.742. The quantitative estimate of drug-likeness (QED) is 0.0216. The normalized spacial score (nSPS) is 35.1. The summed E-state index contributed by atoms with van der Waals surface area (Å²) in [6.45, 7) is -0.794. The van der Waals surface area contributed by atoms with Gasteiger partial charge >= 0.3 is 11.9 Å². The maximum Gasteiger partial charge on any atom is 0.364 e. The second kappa shape index (κ2) is 56.6. The minimum Gasteiger partial charge on any atom is -0.477 e. The average molecular weight is 1840 g/mol. The number of aliphatic hydroxyl groups is 19. The highest BCUT2D eigenvalue weighted by atomic mass is 16.8. The van der Waals surface area contributed by atoms with E-state index < -0.39 is 308 Å². The van der Waals surface area contributed by atoms with Gasteiger partial charge in [0.25, 0.3) is 11.6 Å². The number of carbonyl (C=O) groups excluding carboxylic acids is 4. The molecule has 6 saturated heterocycles. The van der Waals surface area contributed by atoms with Gasteiger partial charge in [-0.1, -0.05) is 180 Å². The zero-order valence-corrected chi connectivity index (χ0v) is 73.7. The Morgan fingerprint density at radius 3 is 1.36 bits per heavy atom. The van der Waals surface area contributed by atoms with E-state index in [1.807, 2.05) is 0 Å². The van der Waals surface area contributed by atoms with Crippen molar-refractivity contribution in [3.8, 4) is 0 Å². The van der Waals surface area contributed by atoms with Crippen LogP contribution in [0, 0.1) is 5.92 Å². The molecule has 34 atom stereocenters. The predicted octanol–water partition coefficient (Wildman–Crippen LogP) is -2.78. The lowest BCUT2D eigenvalue weighted by Gasteiger charge is -2.53. The summed E-state index contributed by atoms with van der Waals surface area (Å²) in [5.41, 5.74) is 0. The number of carbonyl (C=O) groups is 6. The Morgan fingerprint density at radius 2 is 0.874 bits per heavy atom. The van der Waals surface area contributed by atoms with Crippen LogP contribution in [-0.2, 0) is 85.6 Å². The van der Waals surface area contributed by atoms with Crippen LogP contribution in [-0.4, -0.2) is 390 Å². The van der Waals surface area contributed by atoms with Gasteiger partial charge in [0.05, 0.1) is 88.8 Å². The Kier molecular flexibility index (Phi) is 49.6. The van der Waals surface area contributed by atoms with Crippen LogP contribution in [0.1, 0.15) is 234 Å². The molecule has 42 heteroatoms. The number of aliphatic hydroxyl groups excluding tert-OH is 19. The molecule has 0 aromatic heterocycles. The lowest BCUT2D eigenvalue weighted by Crippen LogP contribution is -2.72. The number of rotatable bonds is 60. The van der Waals surface area contributed by atoms with Crippen molar-refractivity contribution in [2.45, 2.75) is 435 Å². The van der Waals surface area contributed by atoms with Crippen molar-refractivity contribution in [3.05, 3.63) is 12.2 Å². The molecule has 0 aliphatic carbocycles. The number of allylic oxidation sites excluding steroid dienone is 1. The SMILES string of the molecule is CCCCCCCCCCCCCC=C[C@@H](O)[C@H](CO[C@@H]1O[C@H](CO)[C@@H](O[C@@H]2O[C@H](CO)[C@H](O[C@@H]3O[C@H](CO)[C@H](O)[C@H](O[C@@H]4O[C@H](CO)[C@H](O)[C@H](O)[C@H]4O)[C@H]3CC(C)=O)[C@H](O[C@]3(C(=O)O)C[C@H](O)[C@@H](NC(C)=O)C([C@H](O)[C@@H](CO)O[C@]4(C(=O)O)C[C@H](O)[C@@H](NC(C)=O)C([C@H](O)[C@H](O)CO)O4)O3)[C@H]2O)[C@H](O)[C@H]1O)NC(=O)CCCCCCCCCCCCCCCCC. The lowest BCUT2D eigenvalue weighted by atomic mass is 9.86. The maximum atomic E-state index is 14.4. The van der Waals surface area contributed by atoms with Crippen molar-refractivity contribution in [1.82, 2.24) is 16.0 Å². The minimum absolute atomic E-state index is 0.0884. The van der Waals surface area contributed by atoms with E-state index >= 15 is 0 Å². The molecule has 6 aliphatic rings. The van der Waals surface area contributed by atoms with Gasteiger partial charge in [-0.25, -0.2) is 9.59 Å². The Labute approximate surface area is 740 Å². The van der Waals surface area contributed by atoms with Crippen LogP contribution in [0.4, 0.5) is 0 Å². The largest absolute Gasteiger partial charge is 0.477 e. The fraction of sp³-hybridized carbons (Fsp3) is 0.906. The summed E-state index contributed by atoms with van der Waals surface area (Å²) in [7, 11) is 0. The number of carboxylic acid groups (broad SMARTS) is 2. The van der Waals surface area contributed by atoms with Gasteiger partial charge < -0.3 is 185 Å². The van der Waals surface area contributed by atoms with E-state index in [2.05, 4.69) is 29.8 Å². The Balaban J connectivity index is 1.33. The molecule has 0 bridgehead atoms. The van der Waals surface area contributed by atoms with Crippen molar-refractivity contribution in [1.29, 1.82) is 0 Å². The summed E-state index contributed by atoms with van der Waals surface area (Å²) < 4.78 is 72.5. The van der Waals surface area contributed by atoms with Crippen molar-refractivity contribution in [2.75, 3.05) is 46.2 Å². The highest BCUT2D eigenvalue weighted by Gasteiger charge is 2.64. The minimum atomic E-state index is -3.68. The summed E-state index contributed by atoms with van der Waals surface area (Å²) in [6.07, 6.45) is -32.2. The van der Waals surface area contributed by atoms with Gasteiger partial charge in [-0.05, 0) is 26.2 Å². The Morgan fingerprint density at radius 1 is 0.449 bits per heavy atom. The van der Waals surface area contributed by atoms with Crippen LogP contribution in [0.5, 0.6) is 0 Å². The molecule has 3 amide bonds. The van der Waals surface area contributed by atoms with Gasteiger partial charge in [0.15, 0.2) is 25.2 Å². The predicted molar refractivity (Wildman–Crippen MR) is 441 cm³/mol. The molecule has 2 unspecified atom stereocenters. The molecule has 127 heavy (non-hydrogen) atoms. The monoisotopic (exact) mass is 1840 g/mol. The zero-order chi connectivity index (χ0) is 93.8. The van der Waals surface area contributed by atoms with Gasteiger partial charge in [-0.2, -0.15) is 0 Å². The molecular formula is C85H149N3O39. The molecular weight excluding hydrogens is 1690 g/mol. The highest BCUT2D eigenvalue weighted by molar-refractivity contribution is 5.78. The lowest BCUT2D eigenvalue weighted by molar-refractivity contribution is -0.407. The van der Waals surface area contributed by atoms with Crippen molar-refractivity contribution >= 4 is 35.4 Å². The van der Waals surface area contributed by atoms with E-state index in [0.717, 1.165) is 85.0 Å². The number of amides is 3. The van der Waals surface area contributed by atoms with Crippen molar-refractivity contribution < 1.29 is 193 Å². The van der Waals surface area contributed by atoms with E-state index in [9.17, 15) is 136 Å². The van der Waals surface area contributed by atoms with Gasteiger partial charge in [0.1, 0.15) is 128 Å². The first-order chi connectivity index (χ1) is 60.6. The maximum absolute atomic E-state index is 14.4. The van der Waals surface area contributed by atoms with Crippen LogP contribution in [0.2, 0.25) is 0 Å². The molecule has 6 heterocycles. The van der Waals surface area contributed by atoms with Gasteiger partial charge in [-0.3, -0.25) is 14.4 Å². The number of nitrogens with one attached hydrogen (secondary N) is 3. The second-order valence-electron chi connectivity index (χ2n) is 34.6. The standard InChI is InChI=1S/C85H149N3O39/c1-6-8-10-12-14-16-18-20-21-23-25-27-29-31-33-35-60(102)88-50(51(98)34-32-30-28-26-24-22-19-17-15-13-11-9-7-2)45-116-79-70(110)68(108)73(58(43-93)119-79)122-81-71(111)77(74(59(44-94)120-81)123-78-49(36-46(3)95)72(65(105)56(41-91)117-78)121-80-69(109)67(107)64(104)55(40-90)118-80)127-85(83(114)115)38-53(100)62(87-48(5)97)76(126-85)66(106)57(42-92)124-84(82(112)113)37-52(99)61(86-47(4)96)75(125-84)63(103)54(101)39-89/h32,34,49-59,61-81,89-94,98-101,103-111H,6-31,33,35-45H2,1-5H3,(H,86,96)(H,87,97)(H,88,102)(H,112,113)(H,114,115)/t49-,50+,51-,52+,53+,54-,55-,56-,57-,58-,59-,61-,62-,63-,64+,65+,66-,67+,68-,69-,70-,71-,72-,73-,74+,75?,76?,77-,78+,79-,80+,81+,84-,85+/m1/s1. The highest BCUT2D eigenvalue weighted by Crippen LogP contribution is 2.44. The topological polar surface area (TPSA) is 674 Å². The third kappa shape index (κ3) is 32.7. The van der Waals surface area contributed by atoms with Crippen molar-refractivity contribution in [2.24, 2.45) is 5.92 Å². The molecule has 6 fully saturated rings. The number of hydrogen-bond donors (Lipinski definition) is 24. The van der Waals surface area contributed by atoms with E-state index in [0.29, 0.717) is 12.8 Å². The number of ketones is 1. The number of unbranched alkanes of at least 4 members (excludes halogenated alkanes) is 25. The number of carboxylic acids is 2. The Hall–Kier alpha value is -4.48. The third-order valence-electron chi connectivity index (χ3n) is 24.4. The first-order valence-electron chi connectivity index (χ1n) is 45.4. The van der Waals surface area contributed by atoms with E-state index in [4.69, 9.17) is 56.8 Å². The fourth-order valence-electron chi connectivity index (χ4n) is 17.2. The fourth-order valence-corrected chi connectivity index (χ4v) is 17.2. The Bertz CT molecular complexity index is 3190. The zero-order valence-electron chi connectivity index (χ0n) is 73.7. The molecule has 0 spiro atoms. The molecule has 6 aliphatic heterocycles.